The van der Waals surface area contributed by atoms with Crippen molar-refractivity contribution in [3.8, 4) is 0 Å². The van der Waals surface area contributed by atoms with Crippen molar-refractivity contribution in [2.75, 3.05) is 12.4 Å². The van der Waals surface area contributed by atoms with E-state index in [0.29, 0.717) is 0 Å². The lowest BCUT2D eigenvalue weighted by Gasteiger charge is -2.19. The highest BCUT2D eigenvalue weighted by Gasteiger charge is 2.15. The quantitative estimate of drug-likeness (QED) is 0.818. The van der Waals surface area contributed by atoms with E-state index in [1.54, 1.807) is 5.56 Å². The van der Waals surface area contributed by atoms with E-state index in [2.05, 4.69) is 23.3 Å². The fourth-order valence-corrected chi connectivity index (χ4v) is 2.40. The molecule has 0 spiro atoms. The summed E-state index contributed by atoms with van der Waals surface area (Å²) in [7, 11) is 1.95. The third-order valence-electron chi connectivity index (χ3n) is 3.17. The van der Waals surface area contributed by atoms with Crippen LogP contribution < -0.4 is 5.32 Å². The Morgan fingerprint density at radius 1 is 1.33 bits per heavy atom. The number of rotatable bonds is 3. The highest BCUT2D eigenvalue weighted by molar-refractivity contribution is 5.45. The molecular weight excluding hydrogens is 184 g/mol. The fourth-order valence-electron chi connectivity index (χ4n) is 2.40. The van der Waals surface area contributed by atoms with Crippen LogP contribution in [0, 0.1) is 0 Å². The second-order valence-electron chi connectivity index (χ2n) is 4.30. The molecule has 2 nitrogen and oxygen atoms in total. The van der Waals surface area contributed by atoms with E-state index < -0.39 is 0 Å². The number of anilines is 1. The van der Waals surface area contributed by atoms with Crippen molar-refractivity contribution in [1.82, 2.24) is 4.98 Å². The molecular formula is C13H20N2. The zero-order chi connectivity index (χ0) is 10.7. The zero-order valence-electron chi connectivity index (χ0n) is 9.77. The Kier molecular flexibility index (Phi) is 3.24. The van der Waals surface area contributed by atoms with Gasteiger partial charge in [0.25, 0.3) is 0 Å². The first-order valence-corrected chi connectivity index (χ1v) is 6.04. The molecule has 0 fully saturated rings. The molecule has 0 aliphatic heterocycles. The summed E-state index contributed by atoms with van der Waals surface area (Å²) in [4.78, 5) is 4.68. The molecule has 1 N–H and O–H groups in total. The van der Waals surface area contributed by atoms with Crippen LogP contribution in [0.4, 0.5) is 5.82 Å². The number of nitrogens with zero attached hydrogens (tertiary/aromatic N) is 1. The SMILES string of the molecule is CCCc1nc(NC)cc2c1CCCC2. The molecule has 0 bridgehead atoms. The molecule has 0 saturated carbocycles. The minimum absolute atomic E-state index is 1.04. The third kappa shape index (κ3) is 2.14. The minimum Gasteiger partial charge on any atom is -0.373 e. The summed E-state index contributed by atoms with van der Waals surface area (Å²) in [5.74, 6) is 1.04. The first-order chi connectivity index (χ1) is 7.35. The molecule has 1 aromatic rings. The van der Waals surface area contributed by atoms with Crippen molar-refractivity contribution >= 4 is 5.82 Å². The van der Waals surface area contributed by atoms with Crippen LogP contribution in [0.1, 0.15) is 43.0 Å². The number of aromatic nitrogens is 1. The molecule has 0 atom stereocenters. The average Bonchev–Trinajstić information content (AvgIpc) is 2.29. The van der Waals surface area contributed by atoms with Gasteiger partial charge >= 0.3 is 0 Å². The molecule has 0 radical (unpaired) electrons. The van der Waals surface area contributed by atoms with E-state index in [-0.39, 0.29) is 0 Å². The minimum atomic E-state index is 1.04. The van der Waals surface area contributed by atoms with Gasteiger partial charge in [-0.25, -0.2) is 4.98 Å². The van der Waals surface area contributed by atoms with Crippen LogP contribution in [-0.2, 0) is 19.3 Å². The number of hydrogen-bond acceptors (Lipinski definition) is 2. The Morgan fingerprint density at radius 3 is 2.87 bits per heavy atom. The molecule has 2 heteroatoms. The number of fused-ring (bicyclic) bond motifs is 1. The van der Waals surface area contributed by atoms with Gasteiger partial charge in [-0.2, -0.15) is 0 Å². The van der Waals surface area contributed by atoms with Crippen molar-refractivity contribution in [1.29, 1.82) is 0 Å². The Bertz CT molecular complexity index is 345. The van der Waals surface area contributed by atoms with Crippen LogP contribution >= 0.6 is 0 Å². The van der Waals surface area contributed by atoms with E-state index in [1.165, 1.54) is 43.4 Å². The van der Waals surface area contributed by atoms with E-state index >= 15 is 0 Å². The lowest BCUT2D eigenvalue weighted by atomic mass is 9.90. The van der Waals surface area contributed by atoms with Crippen LogP contribution in [0.15, 0.2) is 6.07 Å². The predicted octanol–water partition coefficient (Wildman–Crippen LogP) is 2.95. The van der Waals surface area contributed by atoms with Gasteiger partial charge in [-0.15, -0.1) is 0 Å². The molecule has 0 amide bonds. The first-order valence-electron chi connectivity index (χ1n) is 6.04. The van der Waals surface area contributed by atoms with Crippen LogP contribution in [0.3, 0.4) is 0 Å². The summed E-state index contributed by atoms with van der Waals surface area (Å²) in [5.41, 5.74) is 4.41. The van der Waals surface area contributed by atoms with Crippen LogP contribution in [0.25, 0.3) is 0 Å². The van der Waals surface area contributed by atoms with Gasteiger partial charge in [0.1, 0.15) is 5.82 Å². The summed E-state index contributed by atoms with van der Waals surface area (Å²) in [6.07, 6.45) is 7.46. The van der Waals surface area contributed by atoms with Gasteiger partial charge < -0.3 is 5.32 Å². The van der Waals surface area contributed by atoms with Crippen molar-refractivity contribution in [2.45, 2.75) is 45.4 Å². The Labute approximate surface area is 92.1 Å². The number of aryl methyl sites for hydroxylation is 2. The molecule has 0 saturated heterocycles. The van der Waals surface area contributed by atoms with Crippen molar-refractivity contribution in [3.63, 3.8) is 0 Å². The number of nitrogens with one attached hydrogen (secondary N) is 1. The number of hydrogen-bond donors (Lipinski definition) is 1. The Morgan fingerprint density at radius 2 is 2.13 bits per heavy atom. The molecule has 1 aromatic heterocycles. The third-order valence-corrected chi connectivity index (χ3v) is 3.17. The van der Waals surface area contributed by atoms with Gasteiger partial charge in [0, 0.05) is 12.7 Å². The standard InChI is InChI=1S/C13H20N2/c1-3-6-12-11-8-5-4-7-10(11)9-13(14-2)15-12/h9H,3-8H2,1-2H3,(H,14,15). The Hall–Kier alpha value is -1.05. The van der Waals surface area contributed by atoms with Gasteiger partial charge in [0.2, 0.25) is 0 Å². The Balaban J connectivity index is 2.41. The summed E-state index contributed by atoms with van der Waals surface area (Å²) < 4.78 is 0. The summed E-state index contributed by atoms with van der Waals surface area (Å²) in [5, 5.41) is 3.16. The lowest BCUT2D eigenvalue weighted by Crippen LogP contribution is -2.10. The van der Waals surface area contributed by atoms with Crippen molar-refractivity contribution in [3.05, 3.63) is 22.9 Å². The smallest absolute Gasteiger partial charge is 0.126 e. The van der Waals surface area contributed by atoms with Crippen molar-refractivity contribution in [2.24, 2.45) is 0 Å². The zero-order valence-corrected chi connectivity index (χ0v) is 9.77. The second kappa shape index (κ2) is 4.65. The number of pyridine rings is 1. The van der Waals surface area contributed by atoms with Gasteiger partial charge in [-0.05, 0) is 49.3 Å². The summed E-state index contributed by atoms with van der Waals surface area (Å²) in [6.45, 7) is 2.23. The average molecular weight is 204 g/mol. The maximum absolute atomic E-state index is 4.68. The lowest BCUT2D eigenvalue weighted by molar-refractivity contribution is 0.669. The molecule has 1 heterocycles. The van der Waals surface area contributed by atoms with Crippen LogP contribution in [0.5, 0.6) is 0 Å². The molecule has 2 rings (SSSR count). The van der Waals surface area contributed by atoms with E-state index in [9.17, 15) is 0 Å². The highest BCUT2D eigenvalue weighted by Crippen LogP contribution is 2.26. The normalized spacial score (nSPS) is 14.8. The molecule has 15 heavy (non-hydrogen) atoms. The van der Waals surface area contributed by atoms with Gasteiger partial charge in [0.05, 0.1) is 0 Å². The van der Waals surface area contributed by atoms with Gasteiger partial charge in [-0.3, -0.25) is 0 Å². The molecule has 1 aliphatic rings. The van der Waals surface area contributed by atoms with Crippen LogP contribution in [0.2, 0.25) is 0 Å². The van der Waals surface area contributed by atoms with E-state index in [1.807, 2.05) is 7.05 Å². The van der Waals surface area contributed by atoms with Crippen LogP contribution in [-0.4, -0.2) is 12.0 Å². The molecule has 0 unspecified atom stereocenters. The largest absolute Gasteiger partial charge is 0.373 e. The first kappa shape index (κ1) is 10.5. The predicted molar refractivity (Wildman–Crippen MR) is 64.4 cm³/mol. The maximum atomic E-state index is 4.68. The second-order valence-corrected chi connectivity index (χ2v) is 4.30. The van der Waals surface area contributed by atoms with Gasteiger partial charge in [-0.1, -0.05) is 13.3 Å². The topological polar surface area (TPSA) is 24.9 Å². The summed E-state index contributed by atoms with van der Waals surface area (Å²) in [6, 6.07) is 2.23. The molecule has 1 aliphatic carbocycles. The van der Waals surface area contributed by atoms with E-state index in [0.717, 1.165) is 12.2 Å². The maximum Gasteiger partial charge on any atom is 0.126 e. The fraction of sp³-hybridized carbons (Fsp3) is 0.615. The van der Waals surface area contributed by atoms with Gasteiger partial charge in [0.15, 0.2) is 0 Å². The monoisotopic (exact) mass is 204 g/mol. The molecule has 82 valence electrons. The van der Waals surface area contributed by atoms with Crippen molar-refractivity contribution < 1.29 is 0 Å². The van der Waals surface area contributed by atoms with E-state index in [4.69, 9.17) is 0 Å². The highest BCUT2D eigenvalue weighted by atomic mass is 15.0. The molecule has 0 aromatic carbocycles. The summed E-state index contributed by atoms with van der Waals surface area (Å²) >= 11 is 0.